The summed E-state index contributed by atoms with van der Waals surface area (Å²) in [4.78, 5) is 19.0. The van der Waals surface area contributed by atoms with Gasteiger partial charge in [0, 0.05) is 27.9 Å². The van der Waals surface area contributed by atoms with Gasteiger partial charge in [0.15, 0.2) is 11.6 Å². The predicted octanol–water partition coefficient (Wildman–Crippen LogP) is 7.42. The van der Waals surface area contributed by atoms with E-state index in [-0.39, 0.29) is 12.2 Å². The van der Waals surface area contributed by atoms with Crippen LogP contribution in [0.25, 0.3) is 11.3 Å². The molecule has 0 unspecified atom stereocenters. The normalized spacial score (nSPS) is 11.3. The Morgan fingerprint density at radius 1 is 0.564 bits per heavy atom. The van der Waals surface area contributed by atoms with Gasteiger partial charge < -0.3 is 0 Å². The summed E-state index contributed by atoms with van der Waals surface area (Å²) in [6.07, 6.45) is 0.288. The van der Waals surface area contributed by atoms with E-state index < -0.39 is 7.05 Å². The van der Waals surface area contributed by atoms with Crippen molar-refractivity contribution in [1.82, 2.24) is 4.98 Å². The van der Waals surface area contributed by atoms with Gasteiger partial charge in [-0.2, -0.15) is 0 Å². The largest absolute Gasteiger partial charge is 0.294 e. The Morgan fingerprint density at radius 3 is 1.51 bits per heavy atom. The first-order valence-electron chi connectivity index (χ1n) is 13.0. The zero-order valence-corrected chi connectivity index (χ0v) is 22.3. The van der Waals surface area contributed by atoms with Crippen LogP contribution in [-0.2, 0) is 6.42 Å². The molecule has 0 saturated carbocycles. The molecular formula is C35H27N2OP. The van der Waals surface area contributed by atoms with E-state index in [0.717, 1.165) is 32.7 Å². The van der Waals surface area contributed by atoms with Crippen LogP contribution in [-0.4, -0.2) is 10.8 Å². The Hall–Kier alpha value is -4.59. The maximum Gasteiger partial charge on any atom is 0.171 e. The topological polar surface area (TPSA) is 42.3 Å². The molecule has 0 fully saturated rings. The minimum absolute atomic E-state index is 0.0148. The average Bonchev–Trinajstić information content (AvgIpc) is 3.17. The van der Waals surface area contributed by atoms with E-state index in [1.165, 1.54) is 0 Å². The molecular weight excluding hydrogens is 495 g/mol. The second-order valence-corrected chi connectivity index (χ2v) is 12.4. The number of hydrogen-bond acceptors (Lipinski definition) is 3. The smallest absolute Gasteiger partial charge is 0.171 e. The zero-order valence-electron chi connectivity index (χ0n) is 21.4. The predicted molar refractivity (Wildman–Crippen MR) is 163 cm³/mol. The first-order valence-corrected chi connectivity index (χ1v) is 14.7. The highest BCUT2D eigenvalue weighted by Gasteiger charge is 2.31. The monoisotopic (exact) mass is 522 g/mol. The molecule has 1 aliphatic carbocycles. The van der Waals surface area contributed by atoms with Crippen molar-refractivity contribution in [3.05, 3.63) is 163 Å². The summed E-state index contributed by atoms with van der Waals surface area (Å²) in [6, 6.07) is 51.0. The number of Topliss-reactive ketones (excluding diaryl/α,β-unsaturated/α-hetero) is 1. The number of ketones is 1. The quantitative estimate of drug-likeness (QED) is 0.162. The summed E-state index contributed by atoms with van der Waals surface area (Å²) >= 11 is 0. The third kappa shape index (κ3) is 4.85. The molecule has 4 heteroatoms. The van der Waals surface area contributed by atoms with Crippen LogP contribution < -0.4 is 15.9 Å². The molecule has 0 radical (unpaired) electrons. The van der Waals surface area contributed by atoms with Gasteiger partial charge in [-0.1, -0.05) is 146 Å². The van der Waals surface area contributed by atoms with Crippen molar-refractivity contribution in [1.29, 1.82) is 0 Å². The fourth-order valence-electron chi connectivity index (χ4n) is 5.05. The molecule has 39 heavy (non-hydrogen) atoms. The maximum absolute atomic E-state index is 14.0. The van der Waals surface area contributed by atoms with Gasteiger partial charge >= 0.3 is 0 Å². The summed E-state index contributed by atoms with van der Waals surface area (Å²) in [6.45, 7) is 0. The van der Waals surface area contributed by atoms with Gasteiger partial charge in [0.1, 0.15) is 0 Å². The SMILES string of the molecule is O=C(Cc1ccccc1)c1c2cccccc-2nc1N=P(c1ccccc1)(c1ccccc1)c1ccccc1. The third-order valence-electron chi connectivity index (χ3n) is 6.86. The molecule has 2 aliphatic rings. The van der Waals surface area contributed by atoms with Gasteiger partial charge in [0.05, 0.1) is 18.3 Å². The molecule has 0 amide bonds. The van der Waals surface area contributed by atoms with Crippen molar-refractivity contribution >= 4 is 34.6 Å². The molecule has 0 atom stereocenters. The number of aromatic nitrogens is 1. The first-order chi connectivity index (χ1) is 19.3. The lowest BCUT2D eigenvalue weighted by molar-refractivity contribution is 0.0994. The molecule has 0 aromatic heterocycles. The lowest BCUT2D eigenvalue weighted by atomic mass is 10.0. The second-order valence-electron chi connectivity index (χ2n) is 9.35. The minimum Gasteiger partial charge on any atom is -0.294 e. The van der Waals surface area contributed by atoms with Crippen LogP contribution >= 0.6 is 7.05 Å². The van der Waals surface area contributed by atoms with E-state index in [9.17, 15) is 4.79 Å². The molecule has 4 aromatic rings. The van der Waals surface area contributed by atoms with Crippen molar-refractivity contribution in [2.45, 2.75) is 6.42 Å². The number of rotatable bonds is 7. The van der Waals surface area contributed by atoms with Crippen LogP contribution in [0.15, 0.2) is 156 Å². The Labute approximate surface area is 229 Å². The van der Waals surface area contributed by atoms with Crippen molar-refractivity contribution in [3.63, 3.8) is 0 Å². The highest BCUT2D eigenvalue weighted by Crippen LogP contribution is 2.50. The van der Waals surface area contributed by atoms with E-state index >= 15 is 0 Å². The number of fused-ring (bicyclic) bond motifs is 1. The summed E-state index contributed by atoms with van der Waals surface area (Å²) in [5.74, 6) is 0.517. The molecule has 0 N–H and O–H groups in total. The van der Waals surface area contributed by atoms with Gasteiger partial charge in [-0.15, -0.1) is 0 Å². The number of hydrogen-bond donors (Lipinski definition) is 0. The van der Waals surface area contributed by atoms with Crippen LogP contribution in [0.4, 0.5) is 5.82 Å². The third-order valence-corrected chi connectivity index (χ3v) is 10.5. The van der Waals surface area contributed by atoms with Gasteiger partial charge in [0.2, 0.25) is 0 Å². The van der Waals surface area contributed by atoms with Crippen LogP contribution in [0.1, 0.15) is 15.9 Å². The van der Waals surface area contributed by atoms with E-state index in [1.807, 2.05) is 78.9 Å². The van der Waals surface area contributed by atoms with E-state index in [2.05, 4.69) is 72.8 Å². The zero-order chi connectivity index (χ0) is 26.5. The first kappa shape index (κ1) is 24.7. The fraction of sp³-hybridized carbons (Fsp3) is 0.0286. The lowest BCUT2D eigenvalue weighted by Crippen LogP contribution is -2.25. The molecule has 0 spiro atoms. The van der Waals surface area contributed by atoms with Gasteiger partial charge in [-0.05, 0) is 11.6 Å². The number of nitrogens with zero attached hydrogens (tertiary/aromatic N) is 2. The molecule has 188 valence electrons. The maximum atomic E-state index is 14.0. The Balaban J connectivity index is 1.69. The Bertz CT molecular complexity index is 1630. The van der Waals surface area contributed by atoms with Crippen LogP contribution in [0.3, 0.4) is 0 Å². The number of benzene rings is 4. The highest BCUT2D eigenvalue weighted by molar-refractivity contribution is 7.87. The summed E-state index contributed by atoms with van der Waals surface area (Å²) in [5.41, 5.74) is 3.14. The lowest BCUT2D eigenvalue weighted by Gasteiger charge is -2.26. The molecule has 0 saturated heterocycles. The van der Waals surface area contributed by atoms with E-state index in [1.54, 1.807) is 0 Å². The van der Waals surface area contributed by atoms with Crippen LogP contribution in [0.5, 0.6) is 0 Å². The van der Waals surface area contributed by atoms with Crippen LogP contribution in [0, 0.1) is 0 Å². The second kappa shape index (κ2) is 11.0. The minimum atomic E-state index is -2.59. The van der Waals surface area contributed by atoms with E-state index in [4.69, 9.17) is 9.73 Å². The Kier molecular flexibility index (Phi) is 6.99. The standard InChI is InChI=1S/C35H27N2OP/c38-33(26-27-16-6-1-7-17-27)34-31-24-14-5-15-25-32(31)36-35(34)37-39(28-18-8-2-9-19-28,29-20-10-3-11-21-29)30-22-12-4-13-23-30/h1-25H,26H2. The van der Waals surface area contributed by atoms with Gasteiger partial charge in [0.25, 0.3) is 0 Å². The van der Waals surface area contributed by atoms with E-state index in [0.29, 0.717) is 11.4 Å². The number of carbonyl (C=O) groups excluding carboxylic acids is 1. The molecule has 3 nitrogen and oxygen atoms in total. The highest BCUT2D eigenvalue weighted by atomic mass is 31.2. The molecule has 4 aromatic carbocycles. The molecule has 6 rings (SSSR count). The average molecular weight is 523 g/mol. The van der Waals surface area contributed by atoms with Crippen molar-refractivity contribution in [2.24, 2.45) is 4.74 Å². The van der Waals surface area contributed by atoms with Crippen molar-refractivity contribution in [3.8, 4) is 11.3 Å². The summed E-state index contributed by atoms with van der Waals surface area (Å²) in [7, 11) is -2.59. The van der Waals surface area contributed by atoms with Gasteiger partial charge in [-0.3, -0.25) is 4.79 Å². The summed E-state index contributed by atoms with van der Waals surface area (Å²) < 4.78 is 5.60. The molecule has 1 heterocycles. The number of carbonyl (C=O) groups is 1. The van der Waals surface area contributed by atoms with Gasteiger partial charge in [-0.25, -0.2) is 9.73 Å². The van der Waals surface area contributed by atoms with Crippen molar-refractivity contribution < 1.29 is 4.79 Å². The summed E-state index contributed by atoms with van der Waals surface area (Å²) in [5, 5.41) is 3.34. The molecule has 1 aliphatic heterocycles. The Morgan fingerprint density at radius 2 is 1.00 bits per heavy atom. The fourth-order valence-corrected chi connectivity index (χ4v) is 8.53. The van der Waals surface area contributed by atoms with Crippen LogP contribution in [0.2, 0.25) is 0 Å². The molecule has 0 bridgehead atoms. The van der Waals surface area contributed by atoms with Crippen molar-refractivity contribution in [2.75, 3.05) is 0 Å².